The second kappa shape index (κ2) is 56.5. The fourth-order valence-electron chi connectivity index (χ4n) is 13.3. The van der Waals surface area contributed by atoms with Crippen molar-refractivity contribution in [3.05, 3.63) is 197 Å². The summed E-state index contributed by atoms with van der Waals surface area (Å²) in [5.41, 5.74) is 53.7. The van der Waals surface area contributed by atoms with Crippen LogP contribution in [0.25, 0.3) is 0 Å². The van der Waals surface area contributed by atoms with Crippen molar-refractivity contribution in [3.8, 4) is 0 Å². The Morgan fingerprint density at radius 1 is 0.417 bits per heavy atom. The van der Waals surface area contributed by atoms with E-state index in [1.54, 1.807) is 52.8 Å². The van der Waals surface area contributed by atoms with E-state index in [1.807, 2.05) is 183 Å². The number of aliphatic carboxylic acids is 1. The minimum absolute atomic E-state index is 0. The van der Waals surface area contributed by atoms with Crippen molar-refractivity contribution in [3.63, 3.8) is 0 Å². The molecule has 6 aromatic carbocycles. The number of hydrogen-bond acceptors (Lipinski definition) is 25. The summed E-state index contributed by atoms with van der Waals surface area (Å²) in [6.45, 7) is 18.2. The summed E-state index contributed by atoms with van der Waals surface area (Å²) in [5, 5.41) is 30.2. The van der Waals surface area contributed by atoms with Crippen LogP contribution >= 0.6 is 12.4 Å². The highest BCUT2D eigenvalue weighted by Gasteiger charge is 2.39. The number of benzene rings is 6. The molecule has 0 bridgehead atoms. The van der Waals surface area contributed by atoms with E-state index in [2.05, 4.69) is 21.3 Å². The Bertz CT molecular complexity index is 4520. The maximum atomic E-state index is 12.0. The van der Waals surface area contributed by atoms with Gasteiger partial charge >= 0.3 is 5.97 Å². The van der Waals surface area contributed by atoms with Gasteiger partial charge < -0.3 is 112 Å². The number of nitrogens with two attached hydrogens (primary N) is 9. The maximum Gasteiger partial charge on any atom is 0.317 e. The summed E-state index contributed by atoms with van der Waals surface area (Å²) in [5.74, 6) is -4.69. The molecule has 7 atom stereocenters. The van der Waals surface area contributed by atoms with Crippen molar-refractivity contribution in [1.29, 1.82) is 0 Å². The fraction of sp³-hybridized carbons (Fsp3) is 0.419. The molecule has 23 N–H and O–H groups in total. The number of para-hydroxylation sites is 1. The Kier molecular flexibility index (Phi) is 47.9. The largest absolute Gasteiger partial charge is 0.480 e. The maximum absolute atomic E-state index is 12.0. The van der Waals surface area contributed by atoms with Crippen LogP contribution in [0.3, 0.4) is 0 Å². The number of nitro groups is 1. The molecule has 6 aromatic rings. The van der Waals surface area contributed by atoms with Crippen molar-refractivity contribution >= 4 is 124 Å². The molecule has 40 nitrogen and oxygen atoms in total. The van der Waals surface area contributed by atoms with Crippen LogP contribution < -0.4 is 87.6 Å². The molecule has 0 spiro atoms. The molecule has 13 amide bonds. The summed E-state index contributed by atoms with van der Waals surface area (Å²) in [6.07, 6.45) is 3.77. The molecule has 0 radical (unpaired) electrons. The number of non-ortho nitro benzene ring substituents is 1. The zero-order chi connectivity index (χ0) is 93.7. The minimum Gasteiger partial charge on any atom is -0.480 e. The molecule has 692 valence electrons. The summed E-state index contributed by atoms with van der Waals surface area (Å²) in [6, 6.07) is 48.7. The number of nitro benzene ring substituents is 1. The summed E-state index contributed by atoms with van der Waals surface area (Å²) < 4.78 is 0. The van der Waals surface area contributed by atoms with Crippen molar-refractivity contribution in [2.75, 3.05) is 99.6 Å². The van der Waals surface area contributed by atoms with Gasteiger partial charge in [0.15, 0.2) is 0 Å². The molecular formula is C86H124ClN23O17. The van der Waals surface area contributed by atoms with Crippen molar-refractivity contribution in [1.82, 2.24) is 50.7 Å². The third kappa shape index (κ3) is 36.4. The summed E-state index contributed by atoms with van der Waals surface area (Å²) >= 11 is 0. The van der Waals surface area contributed by atoms with Crippen LogP contribution in [0.5, 0.6) is 0 Å². The number of carbonyl (C=O) groups is 14. The van der Waals surface area contributed by atoms with Crippen LogP contribution in [-0.2, 0) is 86.8 Å². The topological polar surface area (TPSA) is 614 Å². The number of anilines is 4. The molecule has 0 aromatic heterocycles. The van der Waals surface area contributed by atoms with Crippen LogP contribution in [-0.4, -0.2) is 244 Å². The van der Waals surface area contributed by atoms with Gasteiger partial charge in [-0.25, -0.2) is 0 Å². The van der Waals surface area contributed by atoms with Gasteiger partial charge in [0.25, 0.3) is 5.69 Å². The summed E-state index contributed by atoms with van der Waals surface area (Å²) in [4.78, 5) is 183. The molecule has 5 heterocycles. The van der Waals surface area contributed by atoms with Crippen LogP contribution in [0.15, 0.2) is 170 Å². The van der Waals surface area contributed by atoms with E-state index in [0.29, 0.717) is 122 Å². The number of hydrogen-bond donors (Lipinski definition) is 14. The van der Waals surface area contributed by atoms with Gasteiger partial charge in [-0.1, -0.05) is 158 Å². The zero-order valence-electron chi connectivity index (χ0n) is 72.8. The Hall–Kier alpha value is -13.4. The van der Waals surface area contributed by atoms with Gasteiger partial charge in [-0.05, 0) is 110 Å². The van der Waals surface area contributed by atoms with Gasteiger partial charge in [-0.3, -0.25) is 87.5 Å². The van der Waals surface area contributed by atoms with E-state index in [1.165, 1.54) is 26.8 Å². The number of carboxylic acids is 1. The lowest BCUT2D eigenvalue weighted by Crippen LogP contribution is -2.46. The third-order valence-electron chi connectivity index (χ3n) is 20.1. The van der Waals surface area contributed by atoms with E-state index in [9.17, 15) is 77.2 Å². The van der Waals surface area contributed by atoms with Crippen LogP contribution in [0, 0.1) is 10.1 Å². The second-order valence-electron chi connectivity index (χ2n) is 29.3. The predicted molar refractivity (Wildman–Crippen MR) is 482 cm³/mol. The summed E-state index contributed by atoms with van der Waals surface area (Å²) in [7, 11) is 0. The molecule has 0 aliphatic carbocycles. The number of nitrogens with zero attached hydrogens (tertiary/aromatic N) is 10. The molecule has 0 saturated carbocycles. The number of primary amides is 7. The first-order valence-electron chi connectivity index (χ1n) is 41.1. The van der Waals surface area contributed by atoms with E-state index in [0.717, 1.165) is 28.1 Å². The zero-order valence-corrected chi connectivity index (χ0v) is 73.6. The van der Waals surface area contributed by atoms with Crippen molar-refractivity contribution < 1.29 is 77.2 Å². The van der Waals surface area contributed by atoms with Crippen molar-refractivity contribution in [2.45, 2.75) is 155 Å². The van der Waals surface area contributed by atoms with E-state index in [-0.39, 0.29) is 86.4 Å². The standard InChI is InChI=1S/C14H19N3O2.C13H16N4O4.C13H18N4O2.C13H17N3O2.C13H19N3O2.C9H11NO2.C7H13N3O2.C4H10N2O.ClH/c1-2-12(14(15)19)17-10-16(9-13(17)18)8-11-6-4-3-5-7-11;1-2-11(13(14)19)16-8-15(7-12(16)18)9-3-5-10(6-4-9)17(20)21;1-2-11(13(15)19)17-8-16(7-12(17)18)10-5-3-9(14)4-6-10;1-2-11(13(14)18)16-9-15(8-12(16)17)10-6-4-3-5-7-10;1-2-11(13(14)18)16-12(17)9-15-8-10-6-4-3-5-7-10;11-9(12)7-10-6-8-4-2-1-3-5-8;1-2-5(7(8)12)10-4-9-3-6(10)11;1-2-3(5)4(6)7;/h3-7,12H,2,8-10H2,1H3,(H2,15,19);3-6,11H,2,7-8H2,1H3,(H2,14,19);3-6,11H,2,7-8,14H2,1H3,(H2,15,19);3-7,11H,2,8-9H2,1H3,(H2,14,18);3-7,11,15H,2,8-9H2,1H3,(H2,14,18)(H,16,17);1-5,10H,6-7H2,(H,11,12);5,9H,2-4H2,1H3,(H2,8,12);3H,2,5H2,1H3,(H2,6,7);1H/t12-;4*11-;;5-;3-;/m00000.00./s1. The van der Waals surface area contributed by atoms with Crippen LogP contribution in [0.2, 0.25) is 0 Å². The van der Waals surface area contributed by atoms with Gasteiger partial charge in [0.1, 0.15) is 36.3 Å². The number of carbonyl (C=O) groups excluding carboxylic acids is 13. The smallest absolute Gasteiger partial charge is 0.317 e. The molecule has 127 heavy (non-hydrogen) atoms. The lowest BCUT2D eigenvalue weighted by molar-refractivity contribution is -0.384. The molecule has 41 heteroatoms. The highest BCUT2D eigenvalue weighted by molar-refractivity contribution is 5.94. The predicted octanol–water partition coefficient (Wildman–Crippen LogP) is 1.000. The first-order valence-corrected chi connectivity index (χ1v) is 41.1. The molecular weight excluding hydrogens is 1660 g/mol. The third-order valence-corrected chi connectivity index (χ3v) is 20.1. The fourth-order valence-corrected chi connectivity index (χ4v) is 13.3. The van der Waals surface area contributed by atoms with Crippen LogP contribution in [0.4, 0.5) is 28.4 Å². The number of carboxylic acid groups (broad SMARTS) is 1. The molecule has 11 rings (SSSR count). The molecule has 0 unspecified atom stereocenters. The monoisotopic (exact) mass is 1790 g/mol. The molecule has 5 aliphatic heterocycles. The molecule has 5 fully saturated rings. The van der Waals surface area contributed by atoms with Gasteiger partial charge in [-0.2, -0.15) is 0 Å². The van der Waals surface area contributed by atoms with E-state index >= 15 is 0 Å². The SMILES string of the molecule is CC[C@@H](C(N)=O)N1CN(Cc2ccccc2)CC1=O.CC[C@@H](C(N)=O)N1CN(c2ccc(N)cc2)CC1=O.CC[C@@H](C(N)=O)N1CN(c2ccc([N+](=O)[O-])cc2)CC1=O.CC[C@@H](C(N)=O)N1CN(c2ccccc2)CC1=O.CC[C@@H](C(N)=O)N1CNCC1=O.CC[C@H](N)C(N)=O.CC[C@H](NC(=O)CNCc1ccccc1)C(N)=O.Cl.O=C(O)CNCc1ccccc1. The first-order chi connectivity index (χ1) is 60.0. The number of halogens is 1. The van der Waals surface area contributed by atoms with E-state index in [4.69, 9.17) is 56.7 Å². The van der Waals surface area contributed by atoms with Crippen LogP contribution in [0.1, 0.15) is 110 Å². The number of amides is 13. The number of nitrogens with one attached hydrogen (secondary N) is 4. The lowest BCUT2D eigenvalue weighted by Gasteiger charge is -2.25. The lowest BCUT2D eigenvalue weighted by atomic mass is 10.2. The highest BCUT2D eigenvalue weighted by atomic mass is 35.5. The van der Waals surface area contributed by atoms with Gasteiger partial charge in [0, 0.05) is 54.5 Å². The Morgan fingerprint density at radius 3 is 1.07 bits per heavy atom. The minimum atomic E-state index is -0.828. The second-order valence-corrected chi connectivity index (χ2v) is 29.3. The van der Waals surface area contributed by atoms with Gasteiger partial charge in [0.2, 0.25) is 76.8 Å². The number of rotatable bonds is 34. The Morgan fingerprint density at radius 2 is 0.756 bits per heavy atom. The normalized spacial score (nSPS) is 15.4. The average molecular weight is 1790 g/mol. The van der Waals surface area contributed by atoms with Gasteiger partial charge in [-0.15, -0.1) is 12.4 Å². The Balaban J connectivity index is 0.000000379. The highest BCUT2D eigenvalue weighted by Crippen LogP contribution is 2.27. The average Bonchev–Trinajstić information content (AvgIpc) is 1.67. The van der Waals surface area contributed by atoms with Gasteiger partial charge in [0.05, 0.1) is 90.1 Å². The van der Waals surface area contributed by atoms with Crippen molar-refractivity contribution in [2.24, 2.45) is 45.9 Å². The number of nitrogen functional groups attached to an aromatic ring is 1. The molecule has 5 aliphatic rings. The molecule has 5 saturated heterocycles. The first kappa shape index (κ1) is 108. The van der Waals surface area contributed by atoms with E-state index < -0.39 is 94.5 Å². The Labute approximate surface area is 745 Å². The quantitative estimate of drug-likeness (QED) is 0.0152.